The number of ether oxygens (including phenoxy) is 1. The Morgan fingerprint density at radius 3 is 2.88 bits per heavy atom. The molecule has 4 heterocycles. The molecule has 0 aliphatic carbocycles. The molecule has 2 aliphatic rings. The maximum absolute atomic E-state index is 14.0. The predicted molar refractivity (Wildman–Crippen MR) is 120 cm³/mol. The first kappa shape index (κ1) is 22.5. The zero-order valence-corrected chi connectivity index (χ0v) is 19.2. The minimum Gasteiger partial charge on any atom is -0.372 e. The summed E-state index contributed by atoms with van der Waals surface area (Å²) in [7, 11) is 0. The van der Waals surface area contributed by atoms with Gasteiger partial charge in [-0.25, -0.2) is 0 Å². The second-order valence-electron chi connectivity index (χ2n) is 9.11. The number of carbonyl (C=O) groups is 2. The molecule has 0 radical (unpaired) electrons. The molecule has 0 N–H and O–H groups in total. The van der Waals surface area contributed by atoms with Crippen molar-refractivity contribution < 1.29 is 14.3 Å². The molecule has 8 heteroatoms. The third-order valence-electron chi connectivity index (χ3n) is 6.73. The van der Waals surface area contributed by atoms with Crippen molar-refractivity contribution in [1.82, 2.24) is 24.6 Å². The summed E-state index contributed by atoms with van der Waals surface area (Å²) in [4.78, 5) is 34.9. The monoisotopic (exact) mass is 439 g/mol. The Bertz CT molecular complexity index is 944. The van der Waals surface area contributed by atoms with E-state index in [0.29, 0.717) is 26.2 Å². The van der Waals surface area contributed by atoms with Gasteiger partial charge in [-0.1, -0.05) is 6.07 Å². The Hall–Kier alpha value is -2.74. The Morgan fingerprint density at radius 2 is 2.16 bits per heavy atom. The van der Waals surface area contributed by atoms with E-state index in [2.05, 4.69) is 23.9 Å². The number of amides is 2. The fraction of sp³-hybridized carbons (Fsp3) is 0.583. The standard InChI is InChI=1S/C24H33N5O3/c1-4-32-16-22(30)28-15-20(21-8-11-26-29(21)18(2)3)24(17-28)9-6-12-27(23(24)31)14-19-7-5-10-25-13-19/h5,7-8,10-11,13,18,20H,4,6,9,12,14-17H2,1-3H3/t20-,24+/m0/s1. The molecule has 2 fully saturated rings. The SMILES string of the molecule is CCOCC(=O)N1C[C@@H](c2ccnn2C(C)C)[C@@]2(CCCN(Cc3cccnc3)C2=O)C1. The number of rotatable bonds is 7. The minimum atomic E-state index is -0.644. The molecule has 2 aromatic rings. The number of aromatic nitrogens is 3. The van der Waals surface area contributed by atoms with Crippen molar-refractivity contribution in [3.05, 3.63) is 48.0 Å². The summed E-state index contributed by atoms with van der Waals surface area (Å²) in [5.74, 6) is -0.0236. The topological polar surface area (TPSA) is 80.6 Å². The Labute approximate surface area is 189 Å². The average Bonchev–Trinajstić information content (AvgIpc) is 3.42. The summed E-state index contributed by atoms with van der Waals surface area (Å²) in [5, 5.41) is 4.52. The van der Waals surface area contributed by atoms with Crippen molar-refractivity contribution in [3.8, 4) is 0 Å². The molecule has 0 aromatic carbocycles. The summed E-state index contributed by atoms with van der Waals surface area (Å²) < 4.78 is 7.38. The number of nitrogens with zero attached hydrogens (tertiary/aromatic N) is 5. The van der Waals surface area contributed by atoms with E-state index in [1.807, 2.05) is 45.8 Å². The Kier molecular flexibility index (Phi) is 6.60. The Morgan fingerprint density at radius 1 is 1.31 bits per heavy atom. The molecular weight excluding hydrogens is 406 g/mol. The van der Waals surface area contributed by atoms with Crippen molar-refractivity contribution in [1.29, 1.82) is 0 Å². The third kappa shape index (κ3) is 4.16. The highest BCUT2D eigenvalue weighted by Crippen LogP contribution is 2.50. The van der Waals surface area contributed by atoms with Gasteiger partial charge >= 0.3 is 0 Å². The Balaban J connectivity index is 1.67. The maximum atomic E-state index is 14.0. The normalized spacial score (nSPS) is 23.5. The van der Waals surface area contributed by atoms with E-state index in [-0.39, 0.29) is 30.4 Å². The number of hydrogen-bond acceptors (Lipinski definition) is 5. The smallest absolute Gasteiger partial charge is 0.248 e. The lowest BCUT2D eigenvalue weighted by molar-refractivity contribution is -0.148. The fourth-order valence-electron chi connectivity index (χ4n) is 5.23. The second-order valence-corrected chi connectivity index (χ2v) is 9.11. The van der Waals surface area contributed by atoms with Crippen LogP contribution in [0.4, 0.5) is 0 Å². The van der Waals surface area contributed by atoms with Gasteiger partial charge in [0.15, 0.2) is 0 Å². The van der Waals surface area contributed by atoms with Crippen LogP contribution in [0, 0.1) is 5.41 Å². The second kappa shape index (κ2) is 9.40. The molecule has 2 aliphatic heterocycles. The summed E-state index contributed by atoms with van der Waals surface area (Å²) in [6.07, 6.45) is 7.03. The van der Waals surface area contributed by atoms with Gasteiger partial charge in [-0.15, -0.1) is 0 Å². The molecule has 2 atom stereocenters. The van der Waals surface area contributed by atoms with E-state index in [9.17, 15) is 9.59 Å². The number of piperidine rings is 1. The lowest BCUT2D eigenvalue weighted by Crippen LogP contribution is -2.52. The molecule has 0 unspecified atom stereocenters. The van der Waals surface area contributed by atoms with Crippen molar-refractivity contribution in [3.63, 3.8) is 0 Å². The third-order valence-corrected chi connectivity index (χ3v) is 6.73. The maximum Gasteiger partial charge on any atom is 0.248 e. The van der Waals surface area contributed by atoms with Crippen molar-refractivity contribution in [2.75, 3.05) is 32.8 Å². The molecule has 2 saturated heterocycles. The first-order valence-electron chi connectivity index (χ1n) is 11.5. The van der Waals surface area contributed by atoms with Crippen LogP contribution in [0.5, 0.6) is 0 Å². The number of likely N-dealkylation sites (tertiary alicyclic amines) is 2. The number of carbonyl (C=O) groups excluding carboxylic acids is 2. The molecular formula is C24H33N5O3. The molecule has 172 valence electrons. The first-order valence-corrected chi connectivity index (χ1v) is 11.5. The van der Waals surface area contributed by atoms with E-state index < -0.39 is 5.41 Å². The van der Waals surface area contributed by atoms with Crippen LogP contribution in [0.2, 0.25) is 0 Å². The first-order chi connectivity index (χ1) is 15.5. The van der Waals surface area contributed by atoms with Gasteiger partial charge in [-0.3, -0.25) is 19.3 Å². The van der Waals surface area contributed by atoms with Gasteiger partial charge < -0.3 is 14.5 Å². The molecule has 0 saturated carbocycles. The molecule has 4 rings (SSSR count). The fourth-order valence-corrected chi connectivity index (χ4v) is 5.23. The van der Waals surface area contributed by atoms with E-state index in [1.54, 1.807) is 12.4 Å². The zero-order valence-electron chi connectivity index (χ0n) is 19.2. The largest absolute Gasteiger partial charge is 0.372 e. The highest BCUT2D eigenvalue weighted by molar-refractivity contribution is 5.87. The van der Waals surface area contributed by atoms with Crippen LogP contribution in [-0.2, 0) is 20.9 Å². The van der Waals surface area contributed by atoms with E-state index in [4.69, 9.17) is 4.74 Å². The van der Waals surface area contributed by atoms with Gasteiger partial charge in [-0.2, -0.15) is 5.10 Å². The van der Waals surface area contributed by atoms with Crippen LogP contribution in [-0.4, -0.2) is 69.2 Å². The highest BCUT2D eigenvalue weighted by atomic mass is 16.5. The highest BCUT2D eigenvalue weighted by Gasteiger charge is 2.57. The minimum absolute atomic E-state index is 0.0519. The zero-order chi connectivity index (χ0) is 22.7. The van der Waals surface area contributed by atoms with E-state index in [0.717, 1.165) is 30.6 Å². The lowest BCUT2D eigenvalue weighted by atomic mass is 9.70. The molecule has 2 amide bonds. The van der Waals surface area contributed by atoms with Crippen LogP contribution in [0.25, 0.3) is 0 Å². The van der Waals surface area contributed by atoms with Crippen LogP contribution in [0.3, 0.4) is 0 Å². The van der Waals surface area contributed by atoms with Gasteiger partial charge in [-0.05, 0) is 51.3 Å². The van der Waals surface area contributed by atoms with Crippen LogP contribution in [0.15, 0.2) is 36.8 Å². The van der Waals surface area contributed by atoms with Gasteiger partial charge in [0, 0.05) is 69.0 Å². The van der Waals surface area contributed by atoms with Crippen molar-refractivity contribution in [2.45, 2.75) is 52.1 Å². The van der Waals surface area contributed by atoms with Crippen LogP contribution >= 0.6 is 0 Å². The average molecular weight is 440 g/mol. The predicted octanol–water partition coefficient (Wildman–Crippen LogP) is 2.63. The van der Waals surface area contributed by atoms with Crippen molar-refractivity contribution in [2.24, 2.45) is 5.41 Å². The quantitative estimate of drug-likeness (QED) is 0.663. The van der Waals surface area contributed by atoms with Crippen LogP contribution in [0.1, 0.15) is 56.8 Å². The van der Waals surface area contributed by atoms with Gasteiger partial charge in [0.1, 0.15) is 6.61 Å². The van der Waals surface area contributed by atoms with Gasteiger partial charge in [0.05, 0.1) is 5.41 Å². The lowest BCUT2D eigenvalue weighted by Gasteiger charge is -2.42. The summed E-state index contributed by atoms with van der Waals surface area (Å²) in [6, 6.07) is 6.08. The molecule has 0 bridgehead atoms. The van der Waals surface area contributed by atoms with E-state index >= 15 is 0 Å². The molecule has 1 spiro atoms. The molecule has 32 heavy (non-hydrogen) atoms. The summed E-state index contributed by atoms with van der Waals surface area (Å²) in [5.41, 5.74) is 1.40. The van der Waals surface area contributed by atoms with Gasteiger partial charge in [0.2, 0.25) is 11.8 Å². The van der Waals surface area contributed by atoms with Gasteiger partial charge in [0.25, 0.3) is 0 Å². The molecule has 2 aromatic heterocycles. The number of pyridine rings is 1. The molecule has 8 nitrogen and oxygen atoms in total. The van der Waals surface area contributed by atoms with E-state index in [1.165, 1.54) is 0 Å². The summed E-state index contributed by atoms with van der Waals surface area (Å²) in [6.45, 7) is 8.80. The van der Waals surface area contributed by atoms with Crippen molar-refractivity contribution >= 4 is 11.8 Å². The number of hydrogen-bond donors (Lipinski definition) is 0. The van der Waals surface area contributed by atoms with Crippen LogP contribution < -0.4 is 0 Å². The summed E-state index contributed by atoms with van der Waals surface area (Å²) >= 11 is 0.